The zero-order chi connectivity index (χ0) is 14.1. The van der Waals surface area contributed by atoms with E-state index in [1.54, 1.807) is 0 Å². The van der Waals surface area contributed by atoms with E-state index in [2.05, 4.69) is 6.58 Å². The molecule has 0 heterocycles. The highest BCUT2D eigenvalue weighted by Gasteiger charge is 2.47. The van der Waals surface area contributed by atoms with Gasteiger partial charge in [0, 0.05) is 6.07 Å². The molecule has 1 aromatic carbocycles. The van der Waals surface area contributed by atoms with Crippen LogP contribution in [-0.2, 0) is 9.84 Å². The lowest BCUT2D eigenvalue weighted by molar-refractivity contribution is -0.121. The van der Waals surface area contributed by atoms with Gasteiger partial charge in [-0.2, -0.15) is 13.2 Å². The summed E-state index contributed by atoms with van der Waals surface area (Å²) < 4.78 is 60.9. The van der Waals surface area contributed by atoms with E-state index < -0.39 is 37.7 Å². The second-order valence-corrected chi connectivity index (χ2v) is 5.46. The zero-order valence-corrected chi connectivity index (χ0v) is 9.66. The largest absolute Gasteiger partial charge is 0.504 e. The number of aromatic hydroxyl groups is 2. The van der Waals surface area contributed by atoms with Crippen LogP contribution in [0.4, 0.5) is 13.2 Å². The molecule has 0 aliphatic rings. The highest BCUT2D eigenvalue weighted by Crippen LogP contribution is 2.34. The van der Waals surface area contributed by atoms with Gasteiger partial charge in [-0.15, -0.1) is 6.58 Å². The predicted octanol–water partition coefficient (Wildman–Crippen LogP) is 1.99. The summed E-state index contributed by atoms with van der Waals surface area (Å²) in [6, 6.07) is 2.11. The van der Waals surface area contributed by atoms with E-state index in [1.807, 2.05) is 0 Å². The number of alkyl halides is 3. The van der Waals surface area contributed by atoms with Crippen LogP contribution in [0.15, 0.2) is 35.7 Å². The summed E-state index contributed by atoms with van der Waals surface area (Å²) in [7, 11) is -4.76. The predicted molar refractivity (Wildman–Crippen MR) is 57.0 cm³/mol. The van der Waals surface area contributed by atoms with Crippen LogP contribution in [0.1, 0.15) is 0 Å². The average molecular weight is 282 g/mol. The van der Waals surface area contributed by atoms with E-state index in [0.29, 0.717) is 6.07 Å². The number of hydrogen-bond acceptors (Lipinski definition) is 4. The molecule has 0 amide bonds. The third-order valence-corrected chi connectivity index (χ3v) is 4.19. The summed E-state index contributed by atoms with van der Waals surface area (Å²) in [5, 5.41) is 15.3. The molecule has 0 aromatic heterocycles. The molecule has 0 spiro atoms. The molecule has 1 rings (SSSR count). The molecular formula is C10H9F3O4S. The maximum atomic E-state index is 12.5. The highest BCUT2D eigenvalue weighted by molar-refractivity contribution is 7.92. The van der Waals surface area contributed by atoms with Crippen LogP contribution < -0.4 is 0 Å². The zero-order valence-electron chi connectivity index (χ0n) is 8.85. The number of hydrogen-bond donors (Lipinski definition) is 2. The Balaban J connectivity index is 3.37. The number of phenols is 2. The first-order valence-corrected chi connectivity index (χ1v) is 6.10. The first-order chi connectivity index (χ1) is 8.10. The maximum absolute atomic E-state index is 12.5. The summed E-state index contributed by atoms with van der Waals surface area (Å²) in [5.41, 5.74) is 0. The topological polar surface area (TPSA) is 74.6 Å². The van der Waals surface area contributed by atoms with Gasteiger partial charge in [0.2, 0.25) is 0 Å². The molecule has 1 unspecified atom stereocenters. The number of benzene rings is 1. The van der Waals surface area contributed by atoms with Crippen molar-refractivity contribution < 1.29 is 31.8 Å². The minimum Gasteiger partial charge on any atom is -0.504 e. The number of phenolic OH excluding ortho intramolecular Hbond substituents is 2. The Hall–Kier alpha value is -1.70. The van der Waals surface area contributed by atoms with Crippen molar-refractivity contribution in [3.8, 4) is 11.5 Å². The van der Waals surface area contributed by atoms with Crippen molar-refractivity contribution in [3.05, 3.63) is 30.9 Å². The molecule has 0 saturated carbocycles. The van der Waals surface area contributed by atoms with E-state index in [0.717, 1.165) is 12.1 Å². The van der Waals surface area contributed by atoms with Crippen LogP contribution in [0, 0.1) is 0 Å². The van der Waals surface area contributed by atoms with Gasteiger partial charge >= 0.3 is 6.18 Å². The molecule has 0 bridgehead atoms. The summed E-state index contributed by atoms with van der Waals surface area (Å²) in [4.78, 5) is -0.750. The fourth-order valence-electron chi connectivity index (χ4n) is 1.26. The van der Waals surface area contributed by atoms with Crippen molar-refractivity contribution >= 4 is 9.84 Å². The average Bonchev–Trinajstić information content (AvgIpc) is 2.20. The van der Waals surface area contributed by atoms with E-state index in [1.165, 1.54) is 0 Å². The van der Waals surface area contributed by atoms with Gasteiger partial charge in [-0.05, 0) is 12.1 Å². The molecule has 0 aliphatic carbocycles. The normalized spacial score (nSPS) is 14.2. The minimum atomic E-state index is -5.01. The standard InChI is InChI=1S/C10H9F3O4S/c1-2-9(10(11,12)13)18(16,17)6-3-4-7(14)8(15)5-6/h2-5,9,14-15H,1H2. The van der Waals surface area contributed by atoms with Crippen molar-refractivity contribution in [2.24, 2.45) is 0 Å². The monoisotopic (exact) mass is 282 g/mol. The smallest absolute Gasteiger partial charge is 0.409 e. The molecule has 0 saturated heterocycles. The van der Waals surface area contributed by atoms with E-state index >= 15 is 0 Å². The van der Waals surface area contributed by atoms with Gasteiger partial charge < -0.3 is 10.2 Å². The lowest BCUT2D eigenvalue weighted by Crippen LogP contribution is -2.34. The Labute approximate surface area is 101 Å². The summed E-state index contributed by atoms with van der Waals surface area (Å²) in [6.07, 6.45) is -4.74. The molecule has 1 atom stereocenters. The maximum Gasteiger partial charge on any atom is 0.409 e. The minimum absolute atomic E-state index is 0.263. The van der Waals surface area contributed by atoms with Crippen molar-refractivity contribution in [1.29, 1.82) is 0 Å². The second-order valence-electron chi connectivity index (χ2n) is 3.39. The van der Waals surface area contributed by atoms with Gasteiger partial charge in [0.25, 0.3) is 0 Å². The SMILES string of the molecule is C=CC(C(F)(F)F)S(=O)(=O)c1ccc(O)c(O)c1. The summed E-state index contributed by atoms with van der Waals surface area (Å²) in [5.74, 6) is -1.45. The van der Waals surface area contributed by atoms with Gasteiger partial charge in [-0.3, -0.25) is 0 Å². The van der Waals surface area contributed by atoms with Gasteiger partial charge in [-0.25, -0.2) is 8.42 Å². The van der Waals surface area contributed by atoms with Crippen molar-refractivity contribution in [3.63, 3.8) is 0 Å². The van der Waals surface area contributed by atoms with Crippen molar-refractivity contribution in [1.82, 2.24) is 0 Å². The van der Waals surface area contributed by atoms with Crippen molar-refractivity contribution in [2.75, 3.05) is 0 Å². The van der Waals surface area contributed by atoms with Crippen LogP contribution in [0.5, 0.6) is 11.5 Å². The van der Waals surface area contributed by atoms with E-state index in [9.17, 15) is 21.6 Å². The van der Waals surface area contributed by atoms with Crippen LogP contribution >= 0.6 is 0 Å². The third-order valence-electron chi connectivity index (χ3n) is 2.15. The van der Waals surface area contributed by atoms with Crippen LogP contribution in [0.25, 0.3) is 0 Å². The first-order valence-electron chi connectivity index (χ1n) is 4.56. The number of halogens is 3. The van der Waals surface area contributed by atoms with E-state index in [4.69, 9.17) is 10.2 Å². The van der Waals surface area contributed by atoms with Crippen LogP contribution in [0.3, 0.4) is 0 Å². The Kier molecular flexibility index (Phi) is 3.61. The molecule has 100 valence electrons. The number of rotatable bonds is 3. The van der Waals surface area contributed by atoms with Crippen molar-refractivity contribution in [2.45, 2.75) is 16.3 Å². The lowest BCUT2D eigenvalue weighted by atomic mass is 10.3. The summed E-state index contributed by atoms with van der Waals surface area (Å²) >= 11 is 0. The van der Waals surface area contributed by atoms with Crippen LogP contribution in [-0.4, -0.2) is 30.1 Å². The Bertz CT molecular complexity index is 563. The molecule has 0 aliphatic heterocycles. The Morgan fingerprint density at radius 2 is 1.78 bits per heavy atom. The van der Waals surface area contributed by atoms with Gasteiger partial charge in [0.15, 0.2) is 26.6 Å². The fourth-order valence-corrected chi connectivity index (χ4v) is 2.70. The molecular weight excluding hydrogens is 273 g/mol. The molecule has 2 N–H and O–H groups in total. The second kappa shape index (κ2) is 4.52. The third kappa shape index (κ3) is 2.58. The highest BCUT2D eigenvalue weighted by atomic mass is 32.2. The molecule has 8 heteroatoms. The Morgan fingerprint density at radius 1 is 1.22 bits per heavy atom. The van der Waals surface area contributed by atoms with Gasteiger partial charge in [0.05, 0.1) is 4.90 Å². The van der Waals surface area contributed by atoms with E-state index in [-0.39, 0.29) is 6.08 Å². The fraction of sp³-hybridized carbons (Fsp3) is 0.200. The molecule has 0 fully saturated rings. The summed E-state index contributed by atoms with van der Waals surface area (Å²) in [6.45, 7) is 2.85. The lowest BCUT2D eigenvalue weighted by Gasteiger charge is -2.17. The number of sulfone groups is 1. The van der Waals surface area contributed by atoms with Gasteiger partial charge in [-0.1, -0.05) is 6.08 Å². The molecule has 4 nitrogen and oxygen atoms in total. The quantitative estimate of drug-likeness (QED) is 0.656. The first kappa shape index (κ1) is 14.4. The molecule has 18 heavy (non-hydrogen) atoms. The molecule has 1 aromatic rings. The van der Waals surface area contributed by atoms with Crippen LogP contribution in [0.2, 0.25) is 0 Å². The Morgan fingerprint density at radius 3 is 2.17 bits per heavy atom. The molecule has 0 radical (unpaired) electrons. The van der Waals surface area contributed by atoms with Gasteiger partial charge in [0.1, 0.15) is 0 Å².